The number of benzene rings is 2. The maximum absolute atomic E-state index is 12.3. The SMILES string of the molecule is CS(=O)(=O)N(CC(=O)Nc1ccc(Br)c(Cl)c1)c1cc(Cl)ccc1Cl. The molecule has 0 aliphatic heterocycles. The molecule has 0 saturated heterocycles. The Morgan fingerprint density at radius 2 is 1.80 bits per heavy atom. The molecular formula is C15H12BrCl3N2O3S. The molecular weight excluding hydrogens is 475 g/mol. The zero-order chi connectivity index (χ0) is 18.8. The van der Waals surface area contributed by atoms with Gasteiger partial charge in [0.25, 0.3) is 0 Å². The van der Waals surface area contributed by atoms with Crippen molar-refractivity contribution in [3.05, 3.63) is 55.9 Å². The minimum absolute atomic E-state index is 0.126. The van der Waals surface area contributed by atoms with Crippen molar-refractivity contribution in [2.75, 3.05) is 22.4 Å². The summed E-state index contributed by atoms with van der Waals surface area (Å²) in [6, 6.07) is 9.21. The molecule has 0 radical (unpaired) electrons. The molecule has 0 atom stereocenters. The topological polar surface area (TPSA) is 66.5 Å². The number of carbonyl (C=O) groups excluding carboxylic acids is 1. The first-order valence-corrected chi connectivity index (χ1v) is 10.5. The van der Waals surface area contributed by atoms with E-state index < -0.39 is 22.5 Å². The van der Waals surface area contributed by atoms with Crippen LogP contribution in [0.4, 0.5) is 11.4 Å². The molecule has 0 aliphatic carbocycles. The van der Waals surface area contributed by atoms with Gasteiger partial charge in [-0.25, -0.2) is 8.42 Å². The Bertz CT molecular complexity index is 922. The van der Waals surface area contributed by atoms with E-state index in [1.54, 1.807) is 18.2 Å². The maximum atomic E-state index is 12.3. The Morgan fingerprint density at radius 3 is 2.40 bits per heavy atom. The molecule has 5 nitrogen and oxygen atoms in total. The van der Waals surface area contributed by atoms with Crippen LogP contribution in [0.3, 0.4) is 0 Å². The summed E-state index contributed by atoms with van der Waals surface area (Å²) in [5.74, 6) is -0.556. The third-order valence-electron chi connectivity index (χ3n) is 3.07. The molecule has 0 bridgehead atoms. The average Bonchev–Trinajstić information content (AvgIpc) is 2.50. The number of hydrogen-bond acceptors (Lipinski definition) is 3. The molecule has 0 fully saturated rings. The lowest BCUT2D eigenvalue weighted by atomic mass is 10.3. The third kappa shape index (κ3) is 5.49. The lowest BCUT2D eigenvalue weighted by Gasteiger charge is -2.23. The molecule has 25 heavy (non-hydrogen) atoms. The van der Waals surface area contributed by atoms with Gasteiger partial charge in [0.05, 0.1) is 22.0 Å². The molecule has 2 rings (SSSR count). The number of hydrogen-bond donors (Lipinski definition) is 1. The van der Waals surface area contributed by atoms with E-state index in [-0.39, 0.29) is 10.7 Å². The summed E-state index contributed by atoms with van der Waals surface area (Å²) in [6.07, 6.45) is 0.980. The number of nitrogens with one attached hydrogen (secondary N) is 1. The van der Waals surface area contributed by atoms with E-state index >= 15 is 0 Å². The van der Waals surface area contributed by atoms with Crippen molar-refractivity contribution in [3.8, 4) is 0 Å². The molecule has 1 amide bonds. The molecule has 1 N–H and O–H groups in total. The summed E-state index contributed by atoms with van der Waals surface area (Å²) in [6.45, 7) is -0.466. The van der Waals surface area contributed by atoms with E-state index in [2.05, 4.69) is 21.2 Å². The summed E-state index contributed by atoms with van der Waals surface area (Å²) in [5, 5.41) is 3.46. The zero-order valence-electron chi connectivity index (χ0n) is 12.8. The number of amides is 1. The maximum Gasteiger partial charge on any atom is 0.245 e. The van der Waals surface area contributed by atoms with Gasteiger partial charge >= 0.3 is 0 Å². The first-order chi connectivity index (χ1) is 11.6. The van der Waals surface area contributed by atoms with Crippen LogP contribution in [0.25, 0.3) is 0 Å². The van der Waals surface area contributed by atoms with E-state index in [0.717, 1.165) is 10.6 Å². The average molecular weight is 487 g/mol. The van der Waals surface area contributed by atoms with Crippen molar-refractivity contribution in [1.82, 2.24) is 0 Å². The Morgan fingerprint density at radius 1 is 1.12 bits per heavy atom. The monoisotopic (exact) mass is 484 g/mol. The van der Waals surface area contributed by atoms with Gasteiger partial charge in [0.2, 0.25) is 15.9 Å². The molecule has 0 heterocycles. The van der Waals surface area contributed by atoms with Crippen LogP contribution in [-0.4, -0.2) is 27.1 Å². The number of carbonyl (C=O) groups is 1. The summed E-state index contributed by atoms with van der Waals surface area (Å²) < 4.78 is 25.8. The highest BCUT2D eigenvalue weighted by atomic mass is 79.9. The Kier molecular flexibility index (Phi) is 6.62. The predicted octanol–water partition coefficient (Wildman–Crippen LogP) is 4.81. The van der Waals surface area contributed by atoms with Crippen molar-refractivity contribution in [3.63, 3.8) is 0 Å². The quantitative estimate of drug-likeness (QED) is 0.659. The zero-order valence-corrected chi connectivity index (χ0v) is 17.4. The van der Waals surface area contributed by atoms with Gasteiger partial charge in [-0.1, -0.05) is 34.8 Å². The van der Waals surface area contributed by atoms with Crippen LogP contribution < -0.4 is 9.62 Å². The Labute approximate surface area is 169 Å². The van der Waals surface area contributed by atoms with Crippen LogP contribution in [0.2, 0.25) is 15.1 Å². The largest absolute Gasteiger partial charge is 0.324 e. The molecule has 0 saturated carbocycles. The number of rotatable bonds is 5. The number of halogens is 4. The summed E-state index contributed by atoms with van der Waals surface area (Å²) in [4.78, 5) is 12.3. The number of sulfonamides is 1. The first kappa shape index (κ1) is 20.3. The number of anilines is 2. The van der Waals surface area contributed by atoms with Crippen LogP contribution in [0.1, 0.15) is 0 Å². The van der Waals surface area contributed by atoms with Crippen molar-refractivity contribution in [1.29, 1.82) is 0 Å². The van der Waals surface area contributed by atoms with Crippen LogP contribution in [0.15, 0.2) is 40.9 Å². The minimum atomic E-state index is -3.76. The van der Waals surface area contributed by atoms with Crippen molar-refractivity contribution < 1.29 is 13.2 Å². The van der Waals surface area contributed by atoms with Gasteiger partial charge in [0.15, 0.2) is 0 Å². The second-order valence-corrected chi connectivity index (χ2v) is 9.05. The predicted molar refractivity (Wildman–Crippen MR) is 106 cm³/mol. The van der Waals surface area contributed by atoms with E-state index in [0.29, 0.717) is 20.2 Å². The van der Waals surface area contributed by atoms with Crippen LogP contribution >= 0.6 is 50.7 Å². The number of nitrogens with zero attached hydrogens (tertiary/aromatic N) is 1. The van der Waals surface area contributed by atoms with Crippen molar-refractivity contribution in [2.45, 2.75) is 0 Å². The molecule has 0 spiro atoms. The molecule has 0 unspecified atom stereocenters. The molecule has 134 valence electrons. The molecule has 2 aromatic carbocycles. The van der Waals surface area contributed by atoms with Gasteiger partial charge < -0.3 is 5.32 Å². The second kappa shape index (κ2) is 8.14. The fraction of sp³-hybridized carbons (Fsp3) is 0.133. The van der Waals surface area contributed by atoms with Gasteiger partial charge in [0.1, 0.15) is 6.54 Å². The lowest BCUT2D eigenvalue weighted by Crippen LogP contribution is -2.37. The van der Waals surface area contributed by atoms with E-state index in [1.165, 1.54) is 18.2 Å². The van der Waals surface area contributed by atoms with E-state index in [9.17, 15) is 13.2 Å². The van der Waals surface area contributed by atoms with Gasteiger partial charge in [0, 0.05) is 15.2 Å². The highest BCUT2D eigenvalue weighted by molar-refractivity contribution is 9.10. The van der Waals surface area contributed by atoms with Crippen LogP contribution in [0.5, 0.6) is 0 Å². The molecule has 2 aromatic rings. The molecule has 10 heteroatoms. The van der Waals surface area contributed by atoms with Crippen LogP contribution in [0, 0.1) is 0 Å². The fourth-order valence-electron chi connectivity index (χ4n) is 1.96. The fourth-order valence-corrected chi connectivity index (χ4v) is 3.69. The van der Waals surface area contributed by atoms with E-state index in [1.807, 2.05) is 0 Å². The minimum Gasteiger partial charge on any atom is -0.324 e. The third-order valence-corrected chi connectivity index (χ3v) is 5.98. The summed E-state index contributed by atoms with van der Waals surface area (Å²) in [7, 11) is -3.76. The highest BCUT2D eigenvalue weighted by Crippen LogP contribution is 2.31. The van der Waals surface area contributed by atoms with Crippen molar-refractivity contribution in [2.24, 2.45) is 0 Å². The molecule has 0 aliphatic rings. The molecule has 0 aromatic heterocycles. The van der Waals surface area contributed by atoms with Gasteiger partial charge in [-0.05, 0) is 52.3 Å². The summed E-state index contributed by atoms with van der Waals surface area (Å²) in [5.41, 5.74) is 0.560. The normalized spacial score (nSPS) is 11.2. The van der Waals surface area contributed by atoms with Crippen LogP contribution in [-0.2, 0) is 14.8 Å². The second-order valence-electron chi connectivity index (χ2n) is 5.04. The van der Waals surface area contributed by atoms with Crippen molar-refractivity contribution >= 4 is 78.0 Å². The Balaban J connectivity index is 2.27. The standard InChI is InChI=1S/C15H12BrCl3N2O3S/c1-25(23,24)21(14-6-9(17)2-5-12(14)18)8-15(22)20-10-3-4-11(16)13(19)7-10/h2-7H,8H2,1H3,(H,20,22). The Hall–Kier alpha value is -0.990. The smallest absolute Gasteiger partial charge is 0.245 e. The van der Waals surface area contributed by atoms with Gasteiger partial charge in [-0.2, -0.15) is 0 Å². The van der Waals surface area contributed by atoms with Gasteiger partial charge in [-0.15, -0.1) is 0 Å². The highest BCUT2D eigenvalue weighted by Gasteiger charge is 2.23. The lowest BCUT2D eigenvalue weighted by molar-refractivity contribution is -0.114. The first-order valence-electron chi connectivity index (χ1n) is 6.75. The van der Waals surface area contributed by atoms with E-state index in [4.69, 9.17) is 34.8 Å². The van der Waals surface area contributed by atoms with Gasteiger partial charge in [-0.3, -0.25) is 9.10 Å². The summed E-state index contributed by atoms with van der Waals surface area (Å²) >= 11 is 21.2.